The largest absolute Gasteiger partial charge is 0.347 e. The molecule has 0 fully saturated rings. The smallest absolute Gasteiger partial charge is 0.241 e. The molecule has 1 aromatic carbocycles. The Morgan fingerprint density at radius 3 is 2.43 bits per heavy atom. The summed E-state index contributed by atoms with van der Waals surface area (Å²) in [4.78, 5) is 24.2. The number of nitrogens with one attached hydrogen (secondary N) is 2. The molecule has 0 aromatic heterocycles. The Morgan fingerprint density at radius 1 is 1.19 bits per heavy atom. The third-order valence-electron chi connectivity index (χ3n) is 2.95. The van der Waals surface area contributed by atoms with Gasteiger partial charge in [-0.25, -0.2) is 8.78 Å². The first-order valence-electron chi connectivity index (χ1n) is 6.46. The summed E-state index contributed by atoms with van der Waals surface area (Å²) in [5.41, 5.74) is 0.533. The number of carbonyl (C=O) groups excluding carboxylic acids is 2. The summed E-state index contributed by atoms with van der Waals surface area (Å²) < 4.78 is 25.9. The van der Waals surface area contributed by atoms with Crippen molar-refractivity contribution in [2.45, 2.75) is 13.0 Å². The van der Waals surface area contributed by atoms with E-state index in [1.165, 1.54) is 11.0 Å². The standard InChI is InChI=1S/C14H19F2N3O2/c1-9(10-4-5-11(15)12(16)6-10)17-7-13(20)18-8-14(21)19(2)3/h4-6,9,17H,7-8H2,1-3H3,(H,18,20)/t9-/m1/s1. The fourth-order valence-corrected chi connectivity index (χ4v) is 1.54. The Balaban J connectivity index is 2.41. The molecular formula is C14H19F2N3O2. The van der Waals surface area contributed by atoms with Crippen LogP contribution in [-0.4, -0.2) is 43.9 Å². The molecule has 1 rings (SSSR count). The summed E-state index contributed by atoms with van der Waals surface area (Å²) in [6.45, 7) is 1.62. The van der Waals surface area contributed by atoms with Gasteiger partial charge in [0.2, 0.25) is 11.8 Å². The molecule has 1 atom stereocenters. The van der Waals surface area contributed by atoms with E-state index in [0.29, 0.717) is 5.56 Å². The Kier molecular flexibility index (Phi) is 6.23. The molecule has 21 heavy (non-hydrogen) atoms. The second kappa shape index (κ2) is 7.68. The van der Waals surface area contributed by atoms with Crippen molar-refractivity contribution in [2.75, 3.05) is 27.2 Å². The van der Waals surface area contributed by atoms with E-state index in [-0.39, 0.29) is 30.9 Å². The highest BCUT2D eigenvalue weighted by molar-refractivity contribution is 5.85. The van der Waals surface area contributed by atoms with E-state index >= 15 is 0 Å². The molecule has 0 aliphatic carbocycles. The van der Waals surface area contributed by atoms with Crippen LogP contribution in [0.15, 0.2) is 18.2 Å². The minimum absolute atomic E-state index is 0.0269. The van der Waals surface area contributed by atoms with Crippen LogP contribution in [0.4, 0.5) is 8.78 Å². The summed E-state index contributed by atoms with van der Waals surface area (Å²) >= 11 is 0. The summed E-state index contributed by atoms with van der Waals surface area (Å²) in [6.07, 6.45) is 0. The summed E-state index contributed by atoms with van der Waals surface area (Å²) in [6, 6.07) is 3.25. The maximum absolute atomic E-state index is 13.1. The monoisotopic (exact) mass is 299 g/mol. The van der Waals surface area contributed by atoms with Gasteiger partial charge in [0, 0.05) is 20.1 Å². The van der Waals surface area contributed by atoms with Gasteiger partial charge in [-0.05, 0) is 24.6 Å². The van der Waals surface area contributed by atoms with Gasteiger partial charge in [-0.3, -0.25) is 9.59 Å². The van der Waals surface area contributed by atoms with Crippen molar-refractivity contribution in [3.8, 4) is 0 Å². The number of benzene rings is 1. The van der Waals surface area contributed by atoms with Gasteiger partial charge in [-0.2, -0.15) is 0 Å². The Morgan fingerprint density at radius 2 is 1.86 bits per heavy atom. The van der Waals surface area contributed by atoms with Crippen molar-refractivity contribution in [3.63, 3.8) is 0 Å². The summed E-state index contributed by atoms with van der Waals surface area (Å²) in [5.74, 6) is -2.40. The predicted molar refractivity (Wildman–Crippen MR) is 74.5 cm³/mol. The van der Waals surface area contributed by atoms with Crippen LogP contribution >= 0.6 is 0 Å². The average molecular weight is 299 g/mol. The van der Waals surface area contributed by atoms with Crippen molar-refractivity contribution in [3.05, 3.63) is 35.4 Å². The normalized spacial score (nSPS) is 11.9. The first-order valence-corrected chi connectivity index (χ1v) is 6.46. The number of halogens is 2. The lowest BCUT2D eigenvalue weighted by Crippen LogP contribution is -2.40. The van der Waals surface area contributed by atoms with Crippen LogP contribution in [0.3, 0.4) is 0 Å². The van der Waals surface area contributed by atoms with E-state index in [1.54, 1.807) is 21.0 Å². The van der Waals surface area contributed by atoms with Gasteiger partial charge < -0.3 is 15.5 Å². The van der Waals surface area contributed by atoms with Crippen LogP contribution in [0, 0.1) is 11.6 Å². The molecule has 7 heteroatoms. The second-order valence-electron chi connectivity index (χ2n) is 4.84. The molecule has 1 aromatic rings. The van der Waals surface area contributed by atoms with Crippen molar-refractivity contribution < 1.29 is 18.4 Å². The summed E-state index contributed by atoms with van der Waals surface area (Å²) in [5, 5.41) is 5.34. The molecule has 116 valence electrons. The first-order chi connectivity index (χ1) is 9.81. The van der Waals surface area contributed by atoms with E-state index in [4.69, 9.17) is 0 Å². The molecule has 2 amide bonds. The minimum Gasteiger partial charge on any atom is -0.347 e. The number of rotatable bonds is 6. The van der Waals surface area contributed by atoms with Crippen molar-refractivity contribution in [2.24, 2.45) is 0 Å². The highest BCUT2D eigenvalue weighted by Crippen LogP contribution is 2.15. The Hall–Kier alpha value is -2.02. The summed E-state index contributed by atoms with van der Waals surface area (Å²) in [7, 11) is 3.19. The van der Waals surface area contributed by atoms with E-state index in [0.717, 1.165) is 12.1 Å². The highest BCUT2D eigenvalue weighted by Gasteiger charge is 2.11. The lowest BCUT2D eigenvalue weighted by Gasteiger charge is -2.15. The second-order valence-corrected chi connectivity index (χ2v) is 4.84. The number of hydrogen-bond acceptors (Lipinski definition) is 3. The first kappa shape index (κ1) is 17.0. The van der Waals surface area contributed by atoms with Crippen LogP contribution in [-0.2, 0) is 9.59 Å². The maximum atomic E-state index is 13.1. The molecule has 0 unspecified atom stereocenters. The van der Waals surface area contributed by atoms with Crippen LogP contribution in [0.1, 0.15) is 18.5 Å². The van der Waals surface area contributed by atoms with E-state index in [1.807, 2.05) is 0 Å². The third kappa shape index (κ3) is 5.47. The number of likely N-dealkylation sites (N-methyl/N-ethyl adjacent to an activating group) is 1. The number of amides is 2. The molecular weight excluding hydrogens is 280 g/mol. The average Bonchev–Trinajstić information content (AvgIpc) is 2.44. The van der Waals surface area contributed by atoms with Crippen LogP contribution < -0.4 is 10.6 Å². The van der Waals surface area contributed by atoms with Gasteiger partial charge in [0.05, 0.1) is 13.1 Å². The molecule has 0 spiro atoms. The zero-order chi connectivity index (χ0) is 16.0. The Bertz CT molecular complexity index is 521. The van der Waals surface area contributed by atoms with E-state index < -0.39 is 11.6 Å². The molecule has 0 saturated heterocycles. The van der Waals surface area contributed by atoms with Crippen LogP contribution in [0.2, 0.25) is 0 Å². The fraction of sp³-hybridized carbons (Fsp3) is 0.429. The number of nitrogens with zero attached hydrogens (tertiary/aromatic N) is 1. The third-order valence-corrected chi connectivity index (χ3v) is 2.95. The van der Waals surface area contributed by atoms with Gasteiger partial charge in [0.1, 0.15) is 0 Å². The van der Waals surface area contributed by atoms with E-state index in [2.05, 4.69) is 10.6 Å². The lowest BCUT2D eigenvalue weighted by atomic mass is 10.1. The lowest BCUT2D eigenvalue weighted by molar-refractivity contribution is -0.130. The molecule has 0 radical (unpaired) electrons. The molecule has 0 aliphatic heterocycles. The van der Waals surface area contributed by atoms with Crippen molar-refractivity contribution in [1.29, 1.82) is 0 Å². The fourth-order valence-electron chi connectivity index (χ4n) is 1.54. The molecule has 0 bridgehead atoms. The van der Waals surface area contributed by atoms with Crippen LogP contribution in [0.5, 0.6) is 0 Å². The molecule has 0 heterocycles. The highest BCUT2D eigenvalue weighted by atomic mass is 19.2. The van der Waals surface area contributed by atoms with Gasteiger partial charge >= 0.3 is 0 Å². The quantitative estimate of drug-likeness (QED) is 0.817. The Labute approximate surface area is 122 Å². The topological polar surface area (TPSA) is 61.4 Å². The number of carbonyl (C=O) groups is 2. The van der Waals surface area contributed by atoms with Gasteiger partial charge in [0.25, 0.3) is 0 Å². The number of hydrogen-bond donors (Lipinski definition) is 2. The van der Waals surface area contributed by atoms with Crippen LogP contribution in [0.25, 0.3) is 0 Å². The van der Waals surface area contributed by atoms with Crippen molar-refractivity contribution in [1.82, 2.24) is 15.5 Å². The maximum Gasteiger partial charge on any atom is 0.241 e. The SMILES string of the molecule is C[C@@H](NCC(=O)NCC(=O)N(C)C)c1ccc(F)c(F)c1. The van der Waals surface area contributed by atoms with E-state index in [9.17, 15) is 18.4 Å². The molecule has 0 aliphatic rings. The zero-order valence-corrected chi connectivity index (χ0v) is 12.2. The predicted octanol–water partition coefficient (Wildman–Crippen LogP) is 0.820. The van der Waals surface area contributed by atoms with Gasteiger partial charge in [-0.1, -0.05) is 6.07 Å². The van der Waals surface area contributed by atoms with Gasteiger partial charge in [0.15, 0.2) is 11.6 Å². The molecule has 2 N–H and O–H groups in total. The van der Waals surface area contributed by atoms with Crippen molar-refractivity contribution >= 4 is 11.8 Å². The molecule has 0 saturated carbocycles. The minimum atomic E-state index is -0.929. The van der Waals surface area contributed by atoms with Gasteiger partial charge in [-0.15, -0.1) is 0 Å². The molecule has 5 nitrogen and oxygen atoms in total. The zero-order valence-electron chi connectivity index (χ0n) is 12.2.